The molecular formula is C12H18ClN3OSi. The first-order valence-corrected chi connectivity index (χ1v) is 10.0. The molecule has 18 heavy (non-hydrogen) atoms. The highest BCUT2D eigenvalue weighted by Gasteiger charge is 2.12. The maximum atomic E-state index is 7.73. The molecule has 0 aromatic carbocycles. The van der Waals surface area contributed by atoms with Crippen molar-refractivity contribution in [3.05, 3.63) is 23.7 Å². The van der Waals surface area contributed by atoms with Gasteiger partial charge in [-0.05, 0) is 23.7 Å². The number of ether oxygens (including phenoxy) is 1. The molecule has 0 aliphatic rings. The van der Waals surface area contributed by atoms with Crippen LogP contribution in [-0.2, 0) is 11.5 Å². The van der Waals surface area contributed by atoms with Gasteiger partial charge in [-0.25, -0.2) is 4.98 Å². The highest BCUT2D eigenvalue weighted by molar-refractivity contribution is 6.76. The van der Waals surface area contributed by atoms with Crippen molar-refractivity contribution in [1.29, 1.82) is 0 Å². The normalized spacial score (nSPS) is 13.0. The molecule has 0 saturated heterocycles. The fraction of sp³-hybridized carbons (Fsp3) is 0.500. The second-order valence-electron chi connectivity index (χ2n) is 5.48. The first kappa shape index (κ1) is 12.1. The Morgan fingerprint density at radius 3 is 3.00 bits per heavy atom. The van der Waals surface area contributed by atoms with E-state index >= 15 is 0 Å². The number of aromatic nitrogens is 3. The third kappa shape index (κ3) is 3.54. The van der Waals surface area contributed by atoms with Crippen LogP contribution in [0.2, 0.25) is 31.0 Å². The third-order valence-corrected chi connectivity index (χ3v) is 4.50. The molecule has 0 fully saturated rings. The van der Waals surface area contributed by atoms with E-state index in [0.29, 0.717) is 17.8 Å². The highest BCUT2D eigenvalue weighted by atomic mass is 35.5. The molecule has 0 atom stereocenters. The van der Waals surface area contributed by atoms with E-state index < -0.39 is 8.07 Å². The topological polar surface area (TPSA) is 39.9 Å². The predicted octanol–water partition coefficient (Wildman–Crippen LogP) is 3.40. The minimum absolute atomic E-state index is 0.0968. The lowest BCUT2D eigenvalue weighted by molar-refractivity contribution is 0.0899. The fourth-order valence-corrected chi connectivity index (χ4v) is 2.42. The number of nitrogens with zero attached hydrogens (tertiary/aromatic N) is 3. The molecular weight excluding hydrogens is 266 g/mol. The van der Waals surface area contributed by atoms with Gasteiger partial charge in [-0.15, -0.1) is 0 Å². The molecule has 0 unspecified atom stereocenters. The summed E-state index contributed by atoms with van der Waals surface area (Å²) >= 11 is 5.78. The number of rotatable bonds is 5. The molecule has 98 valence electrons. The quantitative estimate of drug-likeness (QED) is 0.480. The predicted molar refractivity (Wildman–Crippen MR) is 76.6 cm³/mol. The highest BCUT2D eigenvalue weighted by Crippen LogP contribution is 2.15. The van der Waals surface area contributed by atoms with Gasteiger partial charge in [-0.3, -0.25) is 0 Å². The monoisotopic (exact) mass is 284 g/mol. The third-order valence-electron chi connectivity index (χ3n) is 2.63. The van der Waals surface area contributed by atoms with E-state index in [-0.39, 0.29) is 11.5 Å². The maximum absolute atomic E-state index is 7.73. The lowest BCUT2D eigenvalue weighted by atomic mass is 10.4. The second-order valence-corrected chi connectivity index (χ2v) is 11.4. The van der Waals surface area contributed by atoms with E-state index in [2.05, 4.69) is 29.6 Å². The maximum Gasteiger partial charge on any atom is 0.224 e. The van der Waals surface area contributed by atoms with E-state index in [9.17, 15) is 0 Å². The van der Waals surface area contributed by atoms with Crippen LogP contribution in [0.5, 0.6) is 0 Å². The molecule has 0 spiro atoms. The Morgan fingerprint density at radius 2 is 2.28 bits per heavy atom. The zero-order valence-electron chi connectivity index (χ0n) is 11.9. The van der Waals surface area contributed by atoms with Gasteiger partial charge in [-0.1, -0.05) is 19.6 Å². The number of hydrogen-bond donors (Lipinski definition) is 0. The summed E-state index contributed by atoms with van der Waals surface area (Å²) in [6.45, 7) is 8.14. The molecule has 2 aromatic heterocycles. The lowest BCUT2D eigenvalue weighted by Gasteiger charge is -2.15. The van der Waals surface area contributed by atoms with E-state index in [4.69, 9.17) is 17.7 Å². The Hall–Kier alpha value is -0.913. The SMILES string of the molecule is [2H]c1nc(Cl)nc2c1ccn2COCC[Si](C)(C)C. The Balaban J connectivity index is 2.05. The van der Waals surface area contributed by atoms with Gasteiger partial charge in [0.15, 0.2) is 0 Å². The van der Waals surface area contributed by atoms with Crippen molar-refractivity contribution >= 4 is 30.7 Å². The minimum Gasteiger partial charge on any atom is -0.361 e. The minimum atomic E-state index is -1.06. The van der Waals surface area contributed by atoms with Crippen LogP contribution in [0.1, 0.15) is 1.37 Å². The van der Waals surface area contributed by atoms with E-state index in [1.807, 2.05) is 16.8 Å². The van der Waals surface area contributed by atoms with Crippen LogP contribution in [0, 0.1) is 0 Å². The average Bonchev–Trinajstić information content (AvgIpc) is 2.66. The van der Waals surface area contributed by atoms with Crippen LogP contribution >= 0.6 is 11.6 Å². The molecule has 6 heteroatoms. The van der Waals surface area contributed by atoms with Gasteiger partial charge in [0, 0.05) is 32.4 Å². The number of fused-ring (bicyclic) bond motifs is 1. The molecule has 4 nitrogen and oxygen atoms in total. The Kier molecular flexibility index (Phi) is 3.63. The van der Waals surface area contributed by atoms with Crippen molar-refractivity contribution in [2.24, 2.45) is 0 Å². The lowest BCUT2D eigenvalue weighted by Crippen LogP contribution is -2.22. The van der Waals surface area contributed by atoms with Gasteiger partial charge in [-0.2, -0.15) is 4.98 Å². The first-order valence-electron chi connectivity index (χ1n) is 6.43. The summed E-state index contributed by atoms with van der Waals surface area (Å²) in [7, 11) is -1.06. The first-order chi connectivity index (χ1) is 8.87. The van der Waals surface area contributed by atoms with Crippen molar-refractivity contribution in [3.8, 4) is 0 Å². The molecule has 0 bridgehead atoms. The van der Waals surface area contributed by atoms with Gasteiger partial charge in [0.2, 0.25) is 5.28 Å². The van der Waals surface area contributed by atoms with Crippen LogP contribution in [0.15, 0.2) is 18.4 Å². The number of hydrogen-bond acceptors (Lipinski definition) is 3. The van der Waals surface area contributed by atoms with E-state index in [1.54, 1.807) is 0 Å². The average molecular weight is 285 g/mol. The zero-order valence-corrected chi connectivity index (χ0v) is 12.7. The number of halogens is 1. The van der Waals surface area contributed by atoms with E-state index in [0.717, 1.165) is 12.7 Å². The smallest absolute Gasteiger partial charge is 0.224 e. The van der Waals surface area contributed by atoms with Crippen molar-refractivity contribution < 1.29 is 6.11 Å². The molecule has 2 rings (SSSR count). The molecule has 0 radical (unpaired) electrons. The Bertz CT molecular complexity index is 582. The molecule has 0 saturated carbocycles. The molecule has 0 aliphatic heterocycles. The molecule has 2 heterocycles. The van der Waals surface area contributed by atoms with Crippen LogP contribution in [0.4, 0.5) is 0 Å². The largest absolute Gasteiger partial charge is 0.361 e. The molecule has 2 aromatic rings. The van der Waals surface area contributed by atoms with Gasteiger partial charge < -0.3 is 9.30 Å². The van der Waals surface area contributed by atoms with Crippen LogP contribution in [-0.4, -0.2) is 29.2 Å². The summed E-state index contributed by atoms with van der Waals surface area (Å²) in [6, 6.07) is 2.95. The molecule has 0 N–H and O–H groups in total. The van der Waals surface area contributed by atoms with Crippen LogP contribution < -0.4 is 0 Å². The zero-order chi connectivity index (χ0) is 14.0. The van der Waals surface area contributed by atoms with E-state index in [1.165, 1.54) is 0 Å². The standard InChI is InChI=1S/C12H18ClN3OSi/c1-18(2,3)7-6-17-9-16-5-4-10-8-14-12(13)15-11(10)16/h4-5,8H,6-7,9H2,1-3H3/i8D. The fourth-order valence-electron chi connectivity index (χ4n) is 1.54. The van der Waals surface area contributed by atoms with Crippen LogP contribution in [0.3, 0.4) is 0 Å². The van der Waals surface area contributed by atoms with Crippen molar-refractivity contribution in [2.45, 2.75) is 32.4 Å². The summed E-state index contributed by atoms with van der Waals surface area (Å²) in [5.74, 6) is 0. The summed E-state index contributed by atoms with van der Waals surface area (Å²) in [4.78, 5) is 7.97. The summed E-state index contributed by atoms with van der Waals surface area (Å²) in [5, 5.41) is 0.790. The van der Waals surface area contributed by atoms with Gasteiger partial charge >= 0.3 is 0 Å². The summed E-state index contributed by atoms with van der Waals surface area (Å²) in [5.41, 5.74) is 0.651. The summed E-state index contributed by atoms with van der Waals surface area (Å²) < 4.78 is 15.3. The van der Waals surface area contributed by atoms with Crippen molar-refractivity contribution in [2.75, 3.05) is 6.61 Å². The van der Waals surface area contributed by atoms with Crippen molar-refractivity contribution in [3.63, 3.8) is 0 Å². The van der Waals surface area contributed by atoms with Crippen molar-refractivity contribution in [1.82, 2.24) is 14.5 Å². The second kappa shape index (κ2) is 5.38. The van der Waals surface area contributed by atoms with Gasteiger partial charge in [0.1, 0.15) is 12.4 Å². The van der Waals surface area contributed by atoms with Crippen LogP contribution in [0.25, 0.3) is 11.0 Å². The van der Waals surface area contributed by atoms with Gasteiger partial charge in [0.05, 0.1) is 1.37 Å². The molecule has 0 amide bonds. The molecule has 0 aliphatic carbocycles. The Morgan fingerprint density at radius 1 is 1.50 bits per heavy atom. The summed E-state index contributed by atoms with van der Waals surface area (Å²) in [6.07, 6.45) is 2.00. The Labute approximate surface area is 114 Å². The van der Waals surface area contributed by atoms with Gasteiger partial charge in [0.25, 0.3) is 0 Å².